The van der Waals surface area contributed by atoms with Crippen molar-refractivity contribution in [1.82, 2.24) is 9.13 Å². The Labute approximate surface area is 122 Å². The Kier molecular flexibility index (Phi) is 4.42. The molecule has 112 valence electrons. The van der Waals surface area contributed by atoms with Crippen molar-refractivity contribution in [2.24, 2.45) is 7.05 Å². The largest absolute Gasteiger partial charge is 0.385 e. The van der Waals surface area contributed by atoms with Gasteiger partial charge in [0.1, 0.15) is 0 Å². The Balaban J connectivity index is 2.37. The minimum Gasteiger partial charge on any atom is -0.385 e. The van der Waals surface area contributed by atoms with Crippen LogP contribution < -0.4 is 11.0 Å². The second-order valence-corrected chi connectivity index (χ2v) is 4.84. The third kappa shape index (κ3) is 3.31. The quantitative estimate of drug-likeness (QED) is 0.651. The maximum atomic E-state index is 11.9. The Hall–Kier alpha value is -2.57. The van der Waals surface area contributed by atoms with Crippen LogP contribution in [-0.4, -0.2) is 20.6 Å². The molecule has 0 spiro atoms. The minimum absolute atomic E-state index is 0.0241. The van der Waals surface area contributed by atoms with E-state index in [4.69, 9.17) is 0 Å². The molecule has 7 heteroatoms. The summed E-state index contributed by atoms with van der Waals surface area (Å²) in [7, 11) is 1.67. The van der Waals surface area contributed by atoms with Crippen LogP contribution in [0.4, 0.5) is 11.4 Å². The van der Waals surface area contributed by atoms with Crippen molar-refractivity contribution in [3.8, 4) is 0 Å². The molecule has 1 aromatic carbocycles. The van der Waals surface area contributed by atoms with E-state index < -0.39 is 4.92 Å². The maximum Gasteiger partial charge on any atom is 0.328 e. The number of benzene rings is 1. The molecule has 0 aliphatic rings. The Bertz CT molecular complexity index is 702. The first-order valence-electron chi connectivity index (χ1n) is 6.76. The normalized spacial score (nSPS) is 10.6. The van der Waals surface area contributed by atoms with Gasteiger partial charge in [-0.2, -0.15) is 0 Å². The lowest BCUT2D eigenvalue weighted by Crippen LogP contribution is -2.22. The number of nitro benzene ring substituents is 1. The molecule has 1 aromatic heterocycles. The molecular formula is C14H18N4O3. The van der Waals surface area contributed by atoms with Gasteiger partial charge in [0.05, 0.1) is 11.5 Å². The number of aromatic nitrogens is 2. The van der Waals surface area contributed by atoms with Gasteiger partial charge in [-0.25, -0.2) is 4.79 Å². The third-order valence-electron chi connectivity index (χ3n) is 3.22. The fraction of sp³-hybridized carbons (Fsp3) is 0.357. The number of nitrogens with zero attached hydrogens (tertiary/aromatic N) is 3. The van der Waals surface area contributed by atoms with Crippen molar-refractivity contribution in [3.05, 3.63) is 56.8 Å². The molecule has 1 N–H and O–H groups in total. The molecule has 0 unspecified atom stereocenters. The number of imidazole rings is 1. The van der Waals surface area contributed by atoms with Crippen LogP contribution in [-0.2, 0) is 13.6 Å². The molecule has 0 fully saturated rings. The zero-order valence-electron chi connectivity index (χ0n) is 12.1. The van der Waals surface area contributed by atoms with E-state index in [0.717, 1.165) is 24.2 Å². The lowest BCUT2D eigenvalue weighted by atomic mass is 10.1. The van der Waals surface area contributed by atoms with Gasteiger partial charge in [-0.15, -0.1) is 0 Å². The lowest BCUT2D eigenvalue weighted by Gasteiger charge is -2.11. The summed E-state index contributed by atoms with van der Waals surface area (Å²) in [5.41, 5.74) is 1.42. The highest BCUT2D eigenvalue weighted by molar-refractivity contribution is 5.56. The third-order valence-corrected chi connectivity index (χ3v) is 3.22. The van der Waals surface area contributed by atoms with E-state index in [2.05, 4.69) is 5.32 Å². The van der Waals surface area contributed by atoms with Gasteiger partial charge in [-0.1, -0.05) is 6.92 Å². The second-order valence-electron chi connectivity index (χ2n) is 4.84. The van der Waals surface area contributed by atoms with Gasteiger partial charge in [0.15, 0.2) is 0 Å². The van der Waals surface area contributed by atoms with E-state index in [0.29, 0.717) is 6.54 Å². The molecule has 7 nitrogen and oxygen atoms in total. The van der Waals surface area contributed by atoms with Crippen LogP contribution in [0.1, 0.15) is 18.9 Å². The van der Waals surface area contributed by atoms with Crippen molar-refractivity contribution in [2.45, 2.75) is 19.9 Å². The number of nitrogens with one attached hydrogen (secondary N) is 1. The predicted molar refractivity (Wildman–Crippen MR) is 80.7 cm³/mol. The summed E-state index contributed by atoms with van der Waals surface area (Å²) in [4.78, 5) is 22.4. The molecule has 0 saturated heterocycles. The highest BCUT2D eigenvalue weighted by atomic mass is 16.6. The van der Waals surface area contributed by atoms with Gasteiger partial charge in [0.2, 0.25) is 0 Å². The summed E-state index contributed by atoms with van der Waals surface area (Å²) in [6, 6.07) is 4.67. The molecule has 1 heterocycles. The van der Waals surface area contributed by atoms with Crippen molar-refractivity contribution in [1.29, 1.82) is 0 Å². The Morgan fingerprint density at radius 1 is 1.33 bits per heavy atom. The highest BCUT2D eigenvalue weighted by Gasteiger charge is 2.12. The summed E-state index contributed by atoms with van der Waals surface area (Å²) >= 11 is 0. The van der Waals surface area contributed by atoms with E-state index in [9.17, 15) is 14.9 Å². The van der Waals surface area contributed by atoms with E-state index in [1.807, 2.05) is 6.92 Å². The SMILES string of the molecule is CCCNc1ccc([N+](=O)[O-])cc1Cn1ccn(C)c1=O. The number of nitro groups is 1. The van der Waals surface area contributed by atoms with Gasteiger partial charge in [-0.05, 0) is 12.5 Å². The van der Waals surface area contributed by atoms with Crippen LogP contribution in [0.3, 0.4) is 0 Å². The molecule has 0 aliphatic heterocycles. The van der Waals surface area contributed by atoms with Crippen LogP contribution in [0, 0.1) is 10.1 Å². The molecule has 0 saturated carbocycles. The zero-order valence-corrected chi connectivity index (χ0v) is 12.1. The first kappa shape index (κ1) is 14.8. The first-order chi connectivity index (χ1) is 10.0. The number of aryl methyl sites for hydroxylation is 1. The summed E-state index contributed by atoms with van der Waals surface area (Å²) in [6.07, 6.45) is 4.28. The average molecular weight is 290 g/mol. The number of hydrogen-bond acceptors (Lipinski definition) is 4. The smallest absolute Gasteiger partial charge is 0.328 e. The molecule has 21 heavy (non-hydrogen) atoms. The maximum absolute atomic E-state index is 11.9. The van der Waals surface area contributed by atoms with Gasteiger partial charge in [-0.3, -0.25) is 14.7 Å². The predicted octanol–water partition coefficient (Wildman–Crippen LogP) is 1.97. The summed E-state index contributed by atoms with van der Waals surface area (Å²) < 4.78 is 2.99. The molecule has 0 bridgehead atoms. The zero-order chi connectivity index (χ0) is 15.4. The summed E-state index contributed by atoms with van der Waals surface area (Å²) in [5, 5.41) is 14.1. The van der Waals surface area contributed by atoms with Crippen LogP contribution in [0.15, 0.2) is 35.4 Å². The molecule has 0 radical (unpaired) electrons. The van der Waals surface area contributed by atoms with Gasteiger partial charge in [0.25, 0.3) is 5.69 Å². The Morgan fingerprint density at radius 2 is 2.10 bits per heavy atom. The average Bonchev–Trinajstić information content (AvgIpc) is 2.77. The van der Waals surface area contributed by atoms with E-state index >= 15 is 0 Å². The molecule has 0 atom stereocenters. The first-order valence-corrected chi connectivity index (χ1v) is 6.76. The molecule has 0 amide bonds. The van der Waals surface area contributed by atoms with Crippen molar-refractivity contribution < 1.29 is 4.92 Å². The monoisotopic (exact) mass is 290 g/mol. The molecule has 2 aromatic rings. The van der Waals surface area contributed by atoms with E-state index in [-0.39, 0.29) is 11.4 Å². The van der Waals surface area contributed by atoms with Crippen LogP contribution in [0.2, 0.25) is 0 Å². The van der Waals surface area contributed by atoms with Crippen molar-refractivity contribution >= 4 is 11.4 Å². The van der Waals surface area contributed by atoms with Gasteiger partial charge < -0.3 is 9.88 Å². The standard InChI is InChI=1S/C14H18N4O3/c1-3-6-15-13-5-4-12(18(20)21)9-11(13)10-17-8-7-16(2)14(17)19/h4-5,7-9,15H,3,6,10H2,1-2H3. The topological polar surface area (TPSA) is 82.1 Å². The van der Waals surface area contributed by atoms with E-state index in [1.165, 1.54) is 21.3 Å². The summed E-state index contributed by atoms with van der Waals surface area (Å²) in [5.74, 6) is 0. The number of non-ortho nitro benzene ring substituents is 1. The van der Waals surface area contributed by atoms with Crippen LogP contribution in [0.5, 0.6) is 0 Å². The fourth-order valence-electron chi connectivity index (χ4n) is 2.07. The van der Waals surface area contributed by atoms with Gasteiger partial charge in [0, 0.05) is 49.4 Å². The van der Waals surface area contributed by atoms with Crippen LogP contribution >= 0.6 is 0 Å². The van der Waals surface area contributed by atoms with Crippen molar-refractivity contribution in [3.63, 3.8) is 0 Å². The second kappa shape index (κ2) is 6.25. The number of rotatable bonds is 6. The Morgan fingerprint density at radius 3 is 2.67 bits per heavy atom. The number of hydrogen-bond donors (Lipinski definition) is 1. The summed E-state index contributed by atoms with van der Waals surface area (Å²) in [6.45, 7) is 3.11. The fourth-order valence-corrected chi connectivity index (χ4v) is 2.07. The highest BCUT2D eigenvalue weighted by Crippen LogP contribution is 2.22. The molecule has 0 aliphatic carbocycles. The van der Waals surface area contributed by atoms with E-state index in [1.54, 1.807) is 25.5 Å². The van der Waals surface area contributed by atoms with Gasteiger partial charge >= 0.3 is 5.69 Å². The lowest BCUT2D eigenvalue weighted by molar-refractivity contribution is -0.384. The van der Waals surface area contributed by atoms with Crippen LogP contribution in [0.25, 0.3) is 0 Å². The van der Waals surface area contributed by atoms with Crippen molar-refractivity contribution in [2.75, 3.05) is 11.9 Å². The molecular weight excluding hydrogens is 272 g/mol. The number of anilines is 1. The minimum atomic E-state index is -0.430. The molecule has 2 rings (SSSR count).